The van der Waals surface area contributed by atoms with Gasteiger partial charge in [-0.1, -0.05) is 17.7 Å². The Morgan fingerprint density at radius 2 is 1.95 bits per heavy atom. The van der Waals surface area contributed by atoms with Crippen molar-refractivity contribution in [1.29, 1.82) is 0 Å². The van der Waals surface area contributed by atoms with Crippen LogP contribution >= 0.6 is 15.9 Å². The molecule has 0 saturated heterocycles. The Labute approximate surface area is 131 Å². The van der Waals surface area contributed by atoms with E-state index in [-0.39, 0.29) is 0 Å². The molecule has 0 radical (unpaired) electrons. The predicted molar refractivity (Wildman–Crippen MR) is 85.7 cm³/mol. The minimum absolute atomic E-state index is 0.535. The van der Waals surface area contributed by atoms with Gasteiger partial charge in [-0.2, -0.15) is 0 Å². The molecule has 0 aliphatic heterocycles. The number of benzene rings is 2. The third-order valence-electron chi connectivity index (χ3n) is 3.45. The number of ether oxygens (including phenoxy) is 1. The van der Waals surface area contributed by atoms with Crippen LogP contribution < -0.4 is 4.74 Å². The van der Waals surface area contributed by atoms with Crippen LogP contribution in [-0.2, 0) is 0 Å². The summed E-state index contributed by atoms with van der Waals surface area (Å²) in [5, 5.41) is 11.5. The average molecular weight is 347 g/mol. The number of rotatable bonds is 3. The Morgan fingerprint density at radius 1 is 1.14 bits per heavy atom. The lowest BCUT2D eigenvalue weighted by molar-refractivity contribution is 0.192. The van der Waals surface area contributed by atoms with Crippen LogP contribution in [0.15, 0.2) is 51.4 Å². The van der Waals surface area contributed by atoms with E-state index in [1.165, 1.54) is 0 Å². The number of methoxy groups -OCH3 is 1. The second kappa shape index (κ2) is 5.54. The van der Waals surface area contributed by atoms with Gasteiger partial charge in [-0.3, -0.25) is 0 Å². The van der Waals surface area contributed by atoms with Gasteiger partial charge in [0.25, 0.3) is 0 Å². The molecule has 1 aromatic heterocycles. The molecule has 0 fully saturated rings. The van der Waals surface area contributed by atoms with Crippen LogP contribution in [0.25, 0.3) is 11.0 Å². The molecule has 1 N–H and O–H groups in total. The highest BCUT2D eigenvalue weighted by Gasteiger charge is 2.17. The van der Waals surface area contributed by atoms with Crippen molar-refractivity contribution in [3.63, 3.8) is 0 Å². The van der Waals surface area contributed by atoms with Crippen LogP contribution in [0, 0.1) is 6.92 Å². The fourth-order valence-corrected chi connectivity index (χ4v) is 2.89. The molecule has 0 amide bonds. The molecule has 0 spiro atoms. The van der Waals surface area contributed by atoms with Crippen molar-refractivity contribution in [2.75, 3.05) is 7.11 Å². The van der Waals surface area contributed by atoms with Gasteiger partial charge in [-0.05, 0) is 58.7 Å². The molecule has 21 heavy (non-hydrogen) atoms. The molecule has 0 saturated carbocycles. The van der Waals surface area contributed by atoms with Crippen LogP contribution in [0.3, 0.4) is 0 Å². The number of hydrogen-bond donors (Lipinski definition) is 1. The Balaban J connectivity index is 1.99. The topological polar surface area (TPSA) is 42.6 Å². The molecule has 0 bridgehead atoms. The van der Waals surface area contributed by atoms with Crippen molar-refractivity contribution in [3.8, 4) is 5.75 Å². The van der Waals surface area contributed by atoms with Gasteiger partial charge >= 0.3 is 0 Å². The van der Waals surface area contributed by atoms with Crippen molar-refractivity contribution < 1.29 is 14.3 Å². The highest BCUT2D eigenvalue weighted by atomic mass is 79.9. The van der Waals surface area contributed by atoms with Gasteiger partial charge in [0, 0.05) is 5.39 Å². The number of fused-ring (bicyclic) bond motifs is 1. The Bertz CT molecular complexity index is 792. The largest absolute Gasteiger partial charge is 0.496 e. The number of aryl methyl sites for hydroxylation is 1. The molecular weight excluding hydrogens is 332 g/mol. The highest BCUT2D eigenvalue weighted by Crippen LogP contribution is 2.33. The van der Waals surface area contributed by atoms with Crippen molar-refractivity contribution >= 4 is 26.9 Å². The molecule has 3 nitrogen and oxygen atoms in total. The second-order valence-electron chi connectivity index (χ2n) is 4.99. The molecule has 4 heteroatoms. The zero-order valence-electron chi connectivity index (χ0n) is 11.8. The molecule has 1 unspecified atom stereocenters. The third-order valence-corrected chi connectivity index (χ3v) is 4.07. The van der Waals surface area contributed by atoms with Crippen molar-refractivity contribution in [2.45, 2.75) is 13.0 Å². The van der Waals surface area contributed by atoms with Crippen LogP contribution in [0.5, 0.6) is 5.75 Å². The molecule has 1 heterocycles. The van der Waals surface area contributed by atoms with Gasteiger partial charge < -0.3 is 14.3 Å². The molecule has 1 atom stereocenters. The first-order valence-electron chi connectivity index (χ1n) is 6.60. The van der Waals surface area contributed by atoms with E-state index < -0.39 is 6.10 Å². The second-order valence-corrected chi connectivity index (χ2v) is 5.84. The summed E-state index contributed by atoms with van der Waals surface area (Å²) in [6, 6.07) is 13.3. The van der Waals surface area contributed by atoms with Gasteiger partial charge in [0.2, 0.25) is 0 Å². The maximum absolute atomic E-state index is 10.5. The van der Waals surface area contributed by atoms with E-state index in [1.54, 1.807) is 7.11 Å². The maximum Gasteiger partial charge on any atom is 0.138 e. The Kier molecular flexibility index (Phi) is 3.74. The van der Waals surface area contributed by atoms with Crippen LogP contribution in [0.4, 0.5) is 0 Å². The van der Waals surface area contributed by atoms with E-state index in [9.17, 15) is 5.11 Å². The summed E-state index contributed by atoms with van der Waals surface area (Å²) in [6.45, 7) is 2.03. The molecule has 3 rings (SSSR count). The highest BCUT2D eigenvalue weighted by molar-refractivity contribution is 9.10. The molecule has 0 aliphatic rings. The minimum Gasteiger partial charge on any atom is -0.496 e. The predicted octanol–water partition coefficient (Wildman–Crippen LogP) is 4.59. The van der Waals surface area contributed by atoms with E-state index in [4.69, 9.17) is 9.15 Å². The molecule has 3 aromatic rings. The smallest absolute Gasteiger partial charge is 0.138 e. The van der Waals surface area contributed by atoms with E-state index in [2.05, 4.69) is 15.9 Å². The molecule has 0 aliphatic carbocycles. The summed E-state index contributed by atoms with van der Waals surface area (Å²) in [6.07, 6.45) is -0.806. The number of furan rings is 1. The lowest BCUT2D eigenvalue weighted by atomic mass is 10.1. The molecular formula is C17H15BrO3. The Morgan fingerprint density at radius 3 is 2.67 bits per heavy atom. The first kappa shape index (κ1) is 14.2. The molecule has 108 valence electrons. The standard InChI is InChI=1S/C17H15BrO3/c1-10-3-5-14-12(7-10)9-16(21-14)17(19)11-4-6-15(20-2)13(18)8-11/h3-9,17,19H,1-2H3. The van der Waals surface area contributed by atoms with E-state index >= 15 is 0 Å². The van der Waals surface area contributed by atoms with Crippen molar-refractivity contribution in [2.24, 2.45) is 0 Å². The molecule has 2 aromatic carbocycles. The summed E-state index contributed by atoms with van der Waals surface area (Å²) in [7, 11) is 1.61. The monoisotopic (exact) mass is 346 g/mol. The summed E-state index contributed by atoms with van der Waals surface area (Å²) in [4.78, 5) is 0. The number of aliphatic hydroxyl groups is 1. The summed E-state index contributed by atoms with van der Waals surface area (Å²) in [5.41, 5.74) is 2.69. The fourth-order valence-electron chi connectivity index (χ4n) is 2.34. The zero-order chi connectivity index (χ0) is 15.0. The average Bonchev–Trinajstić information content (AvgIpc) is 2.89. The summed E-state index contributed by atoms with van der Waals surface area (Å²) < 4.78 is 11.7. The first-order chi connectivity index (χ1) is 10.1. The Hall–Kier alpha value is -1.78. The van der Waals surface area contributed by atoms with Gasteiger partial charge in [0.1, 0.15) is 23.2 Å². The summed E-state index contributed by atoms with van der Waals surface area (Å²) >= 11 is 3.43. The lowest BCUT2D eigenvalue weighted by Gasteiger charge is -2.10. The SMILES string of the molecule is COc1ccc(C(O)c2cc3cc(C)ccc3o2)cc1Br. The zero-order valence-corrected chi connectivity index (χ0v) is 13.3. The number of hydrogen-bond acceptors (Lipinski definition) is 3. The quantitative estimate of drug-likeness (QED) is 0.753. The van der Waals surface area contributed by atoms with Crippen LogP contribution in [-0.4, -0.2) is 12.2 Å². The van der Waals surface area contributed by atoms with E-state index in [1.807, 2.05) is 49.4 Å². The van der Waals surface area contributed by atoms with E-state index in [0.717, 1.165) is 32.3 Å². The normalized spacial score (nSPS) is 12.6. The summed E-state index contributed by atoms with van der Waals surface area (Å²) in [5.74, 6) is 1.26. The third kappa shape index (κ3) is 2.69. The van der Waals surface area contributed by atoms with Gasteiger partial charge in [-0.25, -0.2) is 0 Å². The minimum atomic E-state index is -0.806. The van der Waals surface area contributed by atoms with Gasteiger partial charge in [-0.15, -0.1) is 0 Å². The van der Waals surface area contributed by atoms with E-state index in [0.29, 0.717) is 5.76 Å². The van der Waals surface area contributed by atoms with Gasteiger partial charge in [0.15, 0.2) is 0 Å². The van der Waals surface area contributed by atoms with Crippen LogP contribution in [0.2, 0.25) is 0 Å². The number of halogens is 1. The lowest BCUT2D eigenvalue weighted by Crippen LogP contribution is -1.98. The van der Waals surface area contributed by atoms with Gasteiger partial charge in [0.05, 0.1) is 11.6 Å². The fraction of sp³-hybridized carbons (Fsp3) is 0.176. The maximum atomic E-state index is 10.5. The first-order valence-corrected chi connectivity index (χ1v) is 7.39. The van der Waals surface area contributed by atoms with Crippen LogP contribution in [0.1, 0.15) is 23.0 Å². The van der Waals surface area contributed by atoms with Crippen molar-refractivity contribution in [1.82, 2.24) is 0 Å². The van der Waals surface area contributed by atoms with Crippen molar-refractivity contribution in [3.05, 3.63) is 63.8 Å². The number of aliphatic hydroxyl groups excluding tert-OH is 1.